The molecule has 1 aliphatic carbocycles. The molecule has 9 heteroatoms. The number of nitrogen functional groups attached to an aromatic ring is 1. The van der Waals surface area contributed by atoms with E-state index < -0.39 is 6.04 Å². The number of benzene rings is 1. The number of halogens is 1. The topological polar surface area (TPSA) is 123 Å². The molecular formula is C21H22ClN7O. The summed E-state index contributed by atoms with van der Waals surface area (Å²) in [7, 11) is 0. The Bertz CT molecular complexity index is 1190. The largest absolute Gasteiger partial charge is 0.368 e. The average Bonchev–Trinajstić information content (AvgIpc) is 2.74. The van der Waals surface area contributed by atoms with Gasteiger partial charge in [-0.3, -0.25) is 9.36 Å². The van der Waals surface area contributed by atoms with E-state index in [0.717, 1.165) is 25.7 Å². The fourth-order valence-electron chi connectivity index (χ4n) is 4.07. The molecule has 2 heterocycles. The fraction of sp³-hybridized carbons (Fsp3) is 0.381. The lowest BCUT2D eigenvalue weighted by Gasteiger charge is -2.29. The summed E-state index contributed by atoms with van der Waals surface area (Å²) >= 11 is 6.36. The summed E-state index contributed by atoms with van der Waals surface area (Å²) in [5, 5.41) is 13.4. The molecular weight excluding hydrogens is 402 g/mol. The van der Waals surface area contributed by atoms with Gasteiger partial charge in [-0.05, 0) is 31.9 Å². The van der Waals surface area contributed by atoms with Crippen LogP contribution in [-0.4, -0.2) is 19.5 Å². The van der Waals surface area contributed by atoms with E-state index in [0.29, 0.717) is 27.6 Å². The minimum Gasteiger partial charge on any atom is -0.368 e. The van der Waals surface area contributed by atoms with Crippen molar-refractivity contribution in [1.29, 1.82) is 5.26 Å². The maximum atomic E-state index is 13.5. The number of anilines is 2. The monoisotopic (exact) mass is 423 g/mol. The number of nitriles is 1. The Labute approximate surface area is 178 Å². The molecule has 2 aromatic heterocycles. The molecule has 0 saturated heterocycles. The van der Waals surface area contributed by atoms with Gasteiger partial charge in [0.2, 0.25) is 5.95 Å². The van der Waals surface area contributed by atoms with Gasteiger partial charge in [0.25, 0.3) is 5.56 Å². The van der Waals surface area contributed by atoms with Crippen molar-refractivity contribution in [3.8, 4) is 6.07 Å². The molecule has 0 radical (unpaired) electrons. The summed E-state index contributed by atoms with van der Waals surface area (Å²) in [5.74, 6) is 0.961. The van der Waals surface area contributed by atoms with Crippen LogP contribution in [0.1, 0.15) is 62.5 Å². The molecule has 0 amide bonds. The van der Waals surface area contributed by atoms with Gasteiger partial charge in [-0.15, -0.1) is 0 Å². The molecule has 154 valence electrons. The molecule has 0 spiro atoms. The van der Waals surface area contributed by atoms with E-state index in [1.807, 2.05) is 6.92 Å². The van der Waals surface area contributed by atoms with E-state index in [4.69, 9.17) is 22.3 Å². The van der Waals surface area contributed by atoms with Gasteiger partial charge < -0.3 is 11.1 Å². The maximum Gasteiger partial charge on any atom is 0.263 e. The first-order chi connectivity index (χ1) is 14.5. The molecule has 1 aliphatic rings. The van der Waals surface area contributed by atoms with Gasteiger partial charge >= 0.3 is 0 Å². The van der Waals surface area contributed by atoms with Crippen molar-refractivity contribution in [2.45, 2.75) is 51.1 Å². The summed E-state index contributed by atoms with van der Waals surface area (Å²) in [4.78, 5) is 26.3. The number of aromatic nitrogens is 4. The van der Waals surface area contributed by atoms with E-state index >= 15 is 0 Å². The molecule has 1 fully saturated rings. The highest BCUT2D eigenvalue weighted by molar-refractivity contribution is 6.35. The van der Waals surface area contributed by atoms with Crippen molar-refractivity contribution in [3.05, 3.63) is 51.2 Å². The average molecular weight is 424 g/mol. The molecule has 0 aliphatic heterocycles. The first kappa shape index (κ1) is 20.1. The van der Waals surface area contributed by atoms with Crippen LogP contribution in [0.25, 0.3) is 10.9 Å². The zero-order chi connectivity index (χ0) is 21.3. The zero-order valence-electron chi connectivity index (χ0n) is 16.6. The van der Waals surface area contributed by atoms with Crippen molar-refractivity contribution in [2.24, 2.45) is 0 Å². The second-order valence-corrected chi connectivity index (χ2v) is 7.95. The minimum absolute atomic E-state index is 0.0598. The molecule has 30 heavy (non-hydrogen) atoms. The Morgan fingerprint density at radius 1 is 1.30 bits per heavy atom. The van der Waals surface area contributed by atoms with E-state index in [2.05, 4.69) is 21.4 Å². The molecule has 3 aromatic rings. The second kappa shape index (κ2) is 8.28. The normalized spacial score (nSPS) is 15.6. The lowest BCUT2D eigenvalue weighted by Crippen LogP contribution is -2.33. The predicted octanol–water partition coefficient (Wildman–Crippen LogP) is 3.97. The van der Waals surface area contributed by atoms with Crippen molar-refractivity contribution in [3.63, 3.8) is 0 Å². The van der Waals surface area contributed by atoms with Crippen LogP contribution in [0.5, 0.6) is 0 Å². The van der Waals surface area contributed by atoms with Crippen molar-refractivity contribution in [2.75, 3.05) is 11.1 Å². The van der Waals surface area contributed by atoms with E-state index in [-0.39, 0.29) is 23.1 Å². The Balaban J connectivity index is 1.86. The van der Waals surface area contributed by atoms with Crippen LogP contribution in [0.2, 0.25) is 5.02 Å². The van der Waals surface area contributed by atoms with Crippen molar-refractivity contribution >= 4 is 34.3 Å². The molecule has 1 atom stereocenters. The van der Waals surface area contributed by atoms with Crippen LogP contribution in [0.4, 0.5) is 11.8 Å². The summed E-state index contributed by atoms with van der Waals surface area (Å²) in [6.45, 7) is 1.89. The van der Waals surface area contributed by atoms with Gasteiger partial charge in [0.1, 0.15) is 23.3 Å². The number of rotatable bonds is 4. The molecule has 0 bridgehead atoms. The van der Waals surface area contributed by atoms with E-state index in [1.165, 1.54) is 12.6 Å². The Kier molecular flexibility index (Phi) is 5.55. The Morgan fingerprint density at radius 3 is 2.80 bits per heavy atom. The second-order valence-electron chi connectivity index (χ2n) is 7.54. The molecule has 1 saturated carbocycles. The number of nitrogens with zero attached hydrogens (tertiary/aromatic N) is 5. The third-order valence-corrected chi connectivity index (χ3v) is 5.83. The number of nitrogens with two attached hydrogens (primary N) is 1. The van der Waals surface area contributed by atoms with Crippen LogP contribution >= 0.6 is 11.6 Å². The standard InChI is InChI=1S/C21H22ClN7O/c1-12(26-18-13(10-23)11-25-21(24)28-18)19-27-16-9-5-8-15(22)17(16)20(30)29(19)14-6-3-2-4-7-14/h5,8-9,11-12,14H,2-4,6-7H2,1H3,(H3,24,25,26,28). The van der Waals surface area contributed by atoms with Gasteiger partial charge in [0, 0.05) is 6.04 Å². The number of hydrogen-bond donors (Lipinski definition) is 2. The highest BCUT2D eigenvalue weighted by Gasteiger charge is 2.25. The van der Waals surface area contributed by atoms with Crippen LogP contribution in [0.3, 0.4) is 0 Å². The van der Waals surface area contributed by atoms with Crippen LogP contribution < -0.4 is 16.6 Å². The SMILES string of the molecule is CC(Nc1nc(N)ncc1C#N)c1nc2cccc(Cl)c2c(=O)n1C1CCCCC1. The van der Waals surface area contributed by atoms with Crippen LogP contribution in [0.15, 0.2) is 29.2 Å². The van der Waals surface area contributed by atoms with Crippen molar-refractivity contribution in [1.82, 2.24) is 19.5 Å². The third kappa shape index (κ3) is 3.68. The predicted molar refractivity (Wildman–Crippen MR) is 116 cm³/mol. The van der Waals surface area contributed by atoms with Gasteiger partial charge in [0.05, 0.1) is 28.2 Å². The maximum absolute atomic E-state index is 13.5. The minimum atomic E-state index is -0.399. The van der Waals surface area contributed by atoms with Gasteiger partial charge in [0.15, 0.2) is 0 Å². The van der Waals surface area contributed by atoms with E-state index in [9.17, 15) is 10.1 Å². The Morgan fingerprint density at radius 2 is 2.07 bits per heavy atom. The Hall–Kier alpha value is -3.18. The zero-order valence-corrected chi connectivity index (χ0v) is 17.4. The lowest BCUT2D eigenvalue weighted by molar-refractivity contribution is 0.334. The summed E-state index contributed by atoms with van der Waals surface area (Å²) in [6, 6.07) is 6.99. The number of fused-ring (bicyclic) bond motifs is 1. The molecule has 4 rings (SSSR count). The van der Waals surface area contributed by atoms with Gasteiger partial charge in [-0.2, -0.15) is 10.2 Å². The lowest BCUT2D eigenvalue weighted by atomic mass is 9.94. The van der Waals surface area contributed by atoms with Gasteiger partial charge in [-0.25, -0.2) is 9.97 Å². The molecule has 1 aromatic carbocycles. The number of hydrogen-bond acceptors (Lipinski definition) is 7. The first-order valence-electron chi connectivity index (χ1n) is 9.99. The summed E-state index contributed by atoms with van der Waals surface area (Å²) in [6.07, 6.45) is 6.52. The smallest absolute Gasteiger partial charge is 0.263 e. The molecule has 3 N–H and O–H groups in total. The van der Waals surface area contributed by atoms with Crippen molar-refractivity contribution < 1.29 is 0 Å². The van der Waals surface area contributed by atoms with Crippen LogP contribution in [-0.2, 0) is 0 Å². The highest BCUT2D eigenvalue weighted by atomic mass is 35.5. The van der Waals surface area contributed by atoms with Crippen LogP contribution in [0, 0.1) is 11.3 Å². The highest BCUT2D eigenvalue weighted by Crippen LogP contribution is 2.31. The number of nitrogens with one attached hydrogen (secondary N) is 1. The third-order valence-electron chi connectivity index (χ3n) is 5.51. The molecule has 1 unspecified atom stereocenters. The van der Waals surface area contributed by atoms with Gasteiger partial charge in [-0.1, -0.05) is 36.9 Å². The summed E-state index contributed by atoms with van der Waals surface area (Å²) < 4.78 is 1.78. The quantitative estimate of drug-likeness (QED) is 0.650. The van der Waals surface area contributed by atoms with E-state index in [1.54, 1.807) is 22.8 Å². The summed E-state index contributed by atoms with van der Waals surface area (Å²) in [5.41, 5.74) is 6.38. The first-order valence-corrected chi connectivity index (χ1v) is 10.4. The molecule has 8 nitrogen and oxygen atoms in total. The fourth-order valence-corrected chi connectivity index (χ4v) is 4.32.